The summed E-state index contributed by atoms with van der Waals surface area (Å²) in [5.74, 6) is 0.398. The van der Waals surface area contributed by atoms with E-state index in [-0.39, 0.29) is 5.82 Å². The molecule has 0 saturated carbocycles. The molecule has 0 bridgehead atoms. The van der Waals surface area contributed by atoms with Crippen LogP contribution >= 0.6 is 11.6 Å². The van der Waals surface area contributed by atoms with Crippen LogP contribution in [-0.2, 0) is 4.79 Å². The molecule has 2 N–H and O–H groups in total. The molecule has 28 heavy (non-hydrogen) atoms. The number of carbonyl (C=O) groups excluding carboxylic acids is 1. The van der Waals surface area contributed by atoms with Crippen LogP contribution in [0.1, 0.15) is 12.8 Å². The Hall–Kier alpha value is -2.58. The van der Waals surface area contributed by atoms with Crippen LogP contribution in [-0.4, -0.2) is 57.3 Å². The van der Waals surface area contributed by atoms with E-state index in [1.807, 2.05) is 0 Å². The molecular weight excluding hydrogens is 383 g/mol. The molecule has 4 heterocycles. The smallest absolute Gasteiger partial charge is 0.183 e. The molecule has 1 aliphatic rings. The third-order valence-electron chi connectivity index (χ3n) is 4.98. The van der Waals surface area contributed by atoms with Gasteiger partial charge in [-0.1, -0.05) is 11.6 Å². The Morgan fingerprint density at radius 3 is 3.14 bits per heavy atom. The summed E-state index contributed by atoms with van der Waals surface area (Å²) in [6, 6.07) is 1.78. The molecule has 0 aliphatic carbocycles. The van der Waals surface area contributed by atoms with Crippen molar-refractivity contribution < 1.29 is 9.18 Å². The van der Waals surface area contributed by atoms with Crippen molar-refractivity contribution in [3.05, 3.63) is 35.5 Å². The van der Waals surface area contributed by atoms with Crippen molar-refractivity contribution in [1.29, 1.82) is 0 Å². The van der Waals surface area contributed by atoms with Gasteiger partial charge in [-0.3, -0.25) is 4.90 Å². The van der Waals surface area contributed by atoms with E-state index >= 15 is 0 Å². The number of anilines is 1. The monoisotopic (exact) mass is 402 g/mol. The predicted molar refractivity (Wildman–Crippen MR) is 106 cm³/mol. The zero-order chi connectivity index (χ0) is 19.5. The van der Waals surface area contributed by atoms with Gasteiger partial charge in [0.2, 0.25) is 0 Å². The van der Waals surface area contributed by atoms with E-state index in [1.54, 1.807) is 18.5 Å². The molecule has 1 aliphatic heterocycles. The standard InChI is InChI=1S/C19H20ClFN6O/c20-13-6-14-15(9-24-17(14)23-8-13)18-25-10-16(21)19(26-18)22-7-12-2-1-3-27(11-12)4-5-28/h5-6,8-10,12H,1-4,7,11H2,(H,23,24)(H,22,25,26)/t12-/m1/s1. The Kier molecular flexibility index (Phi) is 5.50. The predicted octanol–water partition coefficient (Wildman–Crippen LogP) is 3.14. The zero-order valence-electron chi connectivity index (χ0n) is 15.2. The summed E-state index contributed by atoms with van der Waals surface area (Å²) in [4.78, 5) is 28.6. The van der Waals surface area contributed by atoms with Crippen molar-refractivity contribution >= 4 is 34.7 Å². The second-order valence-electron chi connectivity index (χ2n) is 6.96. The molecule has 1 saturated heterocycles. The van der Waals surface area contributed by atoms with E-state index in [1.165, 1.54) is 6.20 Å². The van der Waals surface area contributed by atoms with Gasteiger partial charge in [0.25, 0.3) is 0 Å². The van der Waals surface area contributed by atoms with E-state index in [4.69, 9.17) is 11.6 Å². The lowest BCUT2D eigenvalue weighted by Gasteiger charge is -2.31. The quantitative estimate of drug-likeness (QED) is 0.616. The molecule has 0 radical (unpaired) electrons. The topological polar surface area (TPSA) is 86.8 Å². The molecule has 9 heteroatoms. The first-order chi connectivity index (χ1) is 13.6. The highest BCUT2D eigenvalue weighted by Crippen LogP contribution is 2.28. The van der Waals surface area contributed by atoms with Crippen molar-refractivity contribution in [2.45, 2.75) is 12.8 Å². The lowest BCUT2D eigenvalue weighted by atomic mass is 9.98. The van der Waals surface area contributed by atoms with Crippen LogP contribution < -0.4 is 5.32 Å². The van der Waals surface area contributed by atoms with Gasteiger partial charge in [0.15, 0.2) is 17.5 Å². The first kappa shape index (κ1) is 18.8. The van der Waals surface area contributed by atoms with Crippen molar-refractivity contribution in [2.24, 2.45) is 5.92 Å². The number of rotatable bonds is 6. The number of nitrogens with zero attached hydrogens (tertiary/aromatic N) is 4. The molecule has 1 fully saturated rings. The highest BCUT2D eigenvalue weighted by atomic mass is 35.5. The number of piperidine rings is 1. The fourth-order valence-electron chi connectivity index (χ4n) is 3.61. The number of aromatic amines is 1. The average Bonchev–Trinajstić information content (AvgIpc) is 3.11. The van der Waals surface area contributed by atoms with E-state index in [0.717, 1.165) is 37.6 Å². The Labute approximate surface area is 166 Å². The van der Waals surface area contributed by atoms with Crippen LogP contribution in [0.2, 0.25) is 5.02 Å². The number of fused-ring (bicyclic) bond motifs is 1. The maximum atomic E-state index is 14.3. The number of halogens is 2. The van der Waals surface area contributed by atoms with E-state index in [9.17, 15) is 9.18 Å². The third kappa shape index (κ3) is 3.98. The number of likely N-dealkylation sites (tertiary alicyclic amines) is 1. The number of aldehydes is 1. The lowest BCUT2D eigenvalue weighted by molar-refractivity contribution is -0.109. The maximum Gasteiger partial charge on any atom is 0.183 e. The normalized spacial score (nSPS) is 17.7. The minimum atomic E-state index is -0.500. The van der Waals surface area contributed by atoms with Crippen molar-refractivity contribution in [1.82, 2.24) is 24.8 Å². The van der Waals surface area contributed by atoms with Gasteiger partial charge in [-0.05, 0) is 31.4 Å². The zero-order valence-corrected chi connectivity index (χ0v) is 15.9. The van der Waals surface area contributed by atoms with E-state index in [2.05, 4.69) is 30.2 Å². The van der Waals surface area contributed by atoms with Crippen molar-refractivity contribution in [3.63, 3.8) is 0 Å². The average molecular weight is 403 g/mol. The molecule has 4 rings (SSSR count). The SMILES string of the molecule is O=CCN1CCC[C@H](CNc2nc(-c3c[nH]c4ncc(Cl)cc34)ncc2F)C1. The van der Waals surface area contributed by atoms with E-state index in [0.29, 0.717) is 41.1 Å². The molecule has 0 aromatic carbocycles. The molecule has 1 atom stereocenters. The fraction of sp³-hybridized carbons (Fsp3) is 0.368. The minimum Gasteiger partial charge on any atom is -0.367 e. The summed E-state index contributed by atoms with van der Waals surface area (Å²) in [6.07, 6.45) is 7.45. The van der Waals surface area contributed by atoms with Crippen molar-refractivity contribution in [2.75, 3.05) is 31.5 Å². The highest BCUT2D eigenvalue weighted by Gasteiger charge is 2.20. The highest BCUT2D eigenvalue weighted by molar-refractivity contribution is 6.31. The first-order valence-electron chi connectivity index (χ1n) is 9.19. The van der Waals surface area contributed by atoms with Crippen LogP contribution in [0, 0.1) is 11.7 Å². The van der Waals surface area contributed by atoms with Gasteiger partial charge < -0.3 is 15.1 Å². The second kappa shape index (κ2) is 8.20. The third-order valence-corrected chi connectivity index (χ3v) is 5.18. The Balaban J connectivity index is 1.52. The number of hydrogen-bond acceptors (Lipinski definition) is 6. The second-order valence-corrected chi connectivity index (χ2v) is 7.39. The van der Waals surface area contributed by atoms with Crippen LogP contribution in [0.3, 0.4) is 0 Å². The molecule has 3 aromatic rings. The molecular formula is C19H20ClFN6O. The first-order valence-corrected chi connectivity index (χ1v) is 9.57. The summed E-state index contributed by atoms with van der Waals surface area (Å²) in [6.45, 7) is 2.78. The summed E-state index contributed by atoms with van der Waals surface area (Å²) in [5, 5.41) is 4.40. The summed E-state index contributed by atoms with van der Waals surface area (Å²) >= 11 is 6.05. The van der Waals surface area contributed by atoms with Crippen molar-refractivity contribution in [3.8, 4) is 11.4 Å². The minimum absolute atomic E-state index is 0.168. The van der Waals surface area contributed by atoms with Gasteiger partial charge in [0.1, 0.15) is 11.9 Å². The van der Waals surface area contributed by atoms with Gasteiger partial charge in [-0.2, -0.15) is 0 Å². The van der Waals surface area contributed by atoms with E-state index < -0.39 is 5.82 Å². The summed E-state index contributed by atoms with van der Waals surface area (Å²) < 4.78 is 14.3. The number of pyridine rings is 1. The maximum absolute atomic E-state index is 14.3. The Morgan fingerprint density at radius 1 is 1.39 bits per heavy atom. The molecule has 0 spiro atoms. The Bertz CT molecular complexity index is 994. The summed E-state index contributed by atoms with van der Waals surface area (Å²) in [5.41, 5.74) is 1.38. The number of H-pyrrole nitrogens is 1. The van der Waals surface area contributed by atoms with Crippen LogP contribution in [0.15, 0.2) is 24.7 Å². The fourth-order valence-corrected chi connectivity index (χ4v) is 3.77. The number of carbonyl (C=O) groups is 1. The number of hydrogen-bond donors (Lipinski definition) is 2. The lowest BCUT2D eigenvalue weighted by Crippen LogP contribution is -2.39. The molecule has 146 valence electrons. The van der Waals surface area contributed by atoms with Gasteiger partial charge >= 0.3 is 0 Å². The van der Waals surface area contributed by atoms with Crippen LogP contribution in [0.4, 0.5) is 10.2 Å². The largest absolute Gasteiger partial charge is 0.367 e. The molecule has 3 aromatic heterocycles. The van der Waals surface area contributed by atoms with Gasteiger partial charge in [0.05, 0.1) is 17.8 Å². The van der Waals surface area contributed by atoms with Crippen LogP contribution in [0.5, 0.6) is 0 Å². The van der Waals surface area contributed by atoms with Crippen LogP contribution in [0.25, 0.3) is 22.4 Å². The number of nitrogens with one attached hydrogen (secondary N) is 2. The molecule has 0 amide bonds. The van der Waals surface area contributed by atoms with Gasteiger partial charge in [-0.25, -0.2) is 19.3 Å². The summed E-state index contributed by atoms with van der Waals surface area (Å²) in [7, 11) is 0. The Morgan fingerprint density at radius 2 is 2.29 bits per heavy atom. The molecule has 7 nitrogen and oxygen atoms in total. The van der Waals surface area contributed by atoms with Gasteiger partial charge in [0, 0.05) is 36.4 Å². The number of aromatic nitrogens is 4. The molecule has 0 unspecified atom stereocenters. The van der Waals surface area contributed by atoms with Gasteiger partial charge in [-0.15, -0.1) is 0 Å².